The fraction of sp³-hybridized carbons (Fsp3) is 0.211. The van der Waals surface area contributed by atoms with Gasteiger partial charge in [-0.15, -0.1) is 11.3 Å². The molecule has 1 aromatic carbocycles. The van der Waals surface area contributed by atoms with Crippen LogP contribution in [-0.4, -0.2) is 19.7 Å². The van der Waals surface area contributed by atoms with E-state index in [0.717, 1.165) is 28.2 Å². The molecule has 2 N–H and O–H groups in total. The van der Waals surface area contributed by atoms with Crippen LogP contribution in [0.25, 0.3) is 0 Å². The van der Waals surface area contributed by atoms with Gasteiger partial charge < -0.3 is 15.4 Å². The van der Waals surface area contributed by atoms with Gasteiger partial charge in [0.1, 0.15) is 5.75 Å². The van der Waals surface area contributed by atoms with Crippen molar-refractivity contribution >= 4 is 28.7 Å². The number of nitrogens with one attached hydrogen (secondary N) is 2. The second-order valence-electron chi connectivity index (χ2n) is 5.50. The second-order valence-corrected chi connectivity index (χ2v) is 7.26. The molecule has 0 saturated carbocycles. The quantitative estimate of drug-likeness (QED) is 0.644. The number of amides is 2. The van der Waals surface area contributed by atoms with E-state index in [-0.39, 0.29) is 12.1 Å². The van der Waals surface area contributed by atoms with Crippen molar-refractivity contribution in [3.63, 3.8) is 0 Å². The number of hydrogen-bond acceptors (Lipinski definition) is 4. The Bertz CT molecular complexity index is 734. The zero-order chi connectivity index (χ0) is 17.5. The average molecular weight is 373 g/mol. The number of rotatable bonds is 7. The standard InChI is InChI=1S/C19H20N2O2S2/c1-23-16-6-4-14(5-7-16)8-10-20-19(22)21-18(15-9-12-24-13-15)17-3-2-11-25-17/h2-7,9,11-13,18H,8,10H2,1H3,(H2,20,21,22)/t18-/m0/s1. The van der Waals surface area contributed by atoms with E-state index in [0.29, 0.717) is 6.54 Å². The van der Waals surface area contributed by atoms with Gasteiger partial charge in [-0.2, -0.15) is 11.3 Å². The highest BCUT2D eigenvalue weighted by molar-refractivity contribution is 7.10. The summed E-state index contributed by atoms with van der Waals surface area (Å²) in [5.74, 6) is 0.837. The zero-order valence-electron chi connectivity index (χ0n) is 13.9. The average Bonchev–Trinajstić information content (AvgIpc) is 3.34. The summed E-state index contributed by atoms with van der Waals surface area (Å²) in [6, 6.07) is 13.7. The summed E-state index contributed by atoms with van der Waals surface area (Å²) in [4.78, 5) is 13.4. The van der Waals surface area contributed by atoms with Crippen LogP contribution in [0.3, 0.4) is 0 Å². The maximum atomic E-state index is 12.3. The molecule has 0 bridgehead atoms. The van der Waals surface area contributed by atoms with Gasteiger partial charge in [-0.1, -0.05) is 18.2 Å². The van der Waals surface area contributed by atoms with Crippen molar-refractivity contribution in [2.75, 3.05) is 13.7 Å². The summed E-state index contributed by atoms with van der Waals surface area (Å²) in [7, 11) is 1.65. The van der Waals surface area contributed by atoms with Crippen LogP contribution in [0.4, 0.5) is 4.79 Å². The number of carbonyl (C=O) groups excluding carboxylic acids is 1. The van der Waals surface area contributed by atoms with Crippen molar-refractivity contribution < 1.29 is 9.53 Å². The topological polar surface area (TPSA) is 50.4 Å². The number of ether oxygens (including phenoxy) is 1. The first kappa shape index (κ1) is 17.5. The molecule has 2 amide bonds. The maximum absolute atomic E-state index is 12.3. The molecule has 25 heavy (non-hydrogen) atoms. The number of carbonyl (C=O) groups is 1. The van der Waals surface area contributed by atoms with Gasteiger partial charge in [0, 0.05) is 11.4 Å². The van der Waals surface area contributed by atoms with Crippen molar-refractivity contribution in [2.24, 2.45) is 0 Å². The molecule has 1 atom stereocenters. The summed E-state index contributed by atoms with van der Waals surface area (Å²) in [5.41, 5.74) is 2.27. The van der Waals surface area contributed by atoms with E-state index >= 15 is 0 Å². The number of benzene rings is 1. The highest BCUT2D eigenvalue weighted by Gasteiger charge is 2.17. The van der Waals surface area contributed by atoms with Gasteiger partial charge in [0.15, 0.2) is 0 Å². The van der Waals surface area contributed by atoms with E-state index in [1.807, 2.05) is 53.2 Å². The van der Waals surface area contributed by atoms with Crippen molar-refractivity contribution in [1.82, 2.24) is 10.6 Å². The van der Waals surface area contributed by atoms with E-state index in [1.165, 1.54) is 0 Å². The lowest BCUT2D eigenvalue weighted by molar-refractivity contribution is 0.239. The summed E-state index contributed by atoms with van der Waals surface area (Å²) in [6.07, 6.45) is 0.777. The number of urea groups is 1. The lowest BCUT2D eigenvalue weighted by atomic mass is 10.1. The van der Waals surface area contributed by atoms with Gasteiger partial charge in [0.05, 0.1) is 13.2 Å². The Hall–Kier alpha value is -2.31. The second kappa shape index (κ2) is 8.69. The molecule has 0 aliphatic heterocycles. The molecule has 3 aromatic rings. The molecule has 3 rings (SSSR count). The molecule has 0 radical (unpaired) electrons. The first-order valence-electron chi connectivity index (χ1n) is 7.99. The molecule has 4 nitrogen and oxygen atoms in total. The summed E-state index contributed by atoms with van der Waals surface area (Å²) in [5, 5.41) is 12.1. The first-order valence-corrected chi connectivity index (χ1v) is 9.81. The Kier molecular flexibility index (Phi) is 6.09. The number of methoxy groups -OCH3 is 1. The lowest BCUT2D eigenvalue weighted by Crippen LogP contribution is -2.38. The van der Waals surface area contributed by atoms with Crippen LogP contribution in [-0.2, 0) is 6.42 Å². The first-order chi connectivity index (χ1) is 12.3. The van der Waals surface area contributed by atoms with Gasteiger partial charge in [-0.05, 0) is 58.0 Å². The number of hydrogen-bond donors (Lipinski definition) is 2. The van der Waals surface area contributed by atoms with E-state index in [4.69, 9.17) is 4.74 Å². The van der Waals surface area contributed by atoms with Crippen LogP contribution in [0.1, 0.15) is 22.0 Å². The molecule has 2 aromatic heterocycles. The predicted octanol–water partition coefficient (Wildman–Crippen LogP) is 4.45. The molecule has 0 unspecified atom stereocenters. The van der Waals surface area contributed by atoms with E-state index in [9.17, 15) is 4.79 Å². The Morgan fingerprint density at radius 3 is 2.64 bits per heavy atom. The third kappa shape index (κ3) is 4.84. The Morgan fingerprint density at radius 1 is 1.16 bits per heavy atom. The summed E-state index contributed by atoms with van der Waals surface area (Å²) >= 11 is 3.28. The highest BCUT2D eigenvalue weighted by Crippen LogP contribution is 2.27. The van der Waals surface area contributed by atoms with Gasteiger partial charge in [0.25, 0.3) is 0 Å². The van der Waals surface area contributed by atoms with Gasteiger partial charge in [-0.25, -0.2) is 4.79 Å². The van der Waals surface area contributed by atoms with Crippen LogP contribution in [0.2, 0.25) is 0 Å². The third-order valence-corrected chi connectivity index (χ3v) is 5.48. The number of thiophene rings is 2. The molecular formula is C19H20N2O2S2. The van der Waals surface area contributed by atoms with Crippen LogP contribution in [0.15, 0.2) is 58.6 Å². The Labute approximate surface area is 155 Å². The molecule has 2 heterocycles. The minimum atomic E-state index is -0.155. The summed E-state index contributed by atoms with van der Waals surface area (Å²) in [6.45, 7) is 0.582. The predicted molar refractivity (Wildman–Crippen MR) is 104 cm³/mol. The molecule has 0 saturated heterocycles. The molecule has 130 valence electrons. The molecular weight excluding hydrogens is 352 g/mol. The highest BCUT2D eigenvalue weighted by atomic mass is 32.1. The molecule has 0 spiro atoms. The van der Waals surface area contributed by atoms with Crippen molar-refractivity contribution in [3.8, 4) is 5.75 Å². The minimum Gasteiger partial charge on any atom is -0.497 e. The van der Waals surface area contributed by atoms with Crippen molar-refractivity contribution in [2.45, 2.75) is 12.5 Å². The normalized spacial score (nSPS) is 11.7. The minimum absolute atomic E-state index is 0.104. The Morgan fingerprint density at radius 2 is 2.00 bits per heavy atom. The molecule has 0 aliphatic carbocycles. The van der Waals surface area contributed by atoms with E-state index in [1.54, 1.807) is 29.8 Å². The monoisotopic (exact) mass is 372 g/mol. The van der Waals surface area contributed by atoms with Crippen molar-refractivity contribution in [1.29, 1.82) is 0 Å². The molecule has 0 fully saturated rings. The van der Waals surface area contributed by atoms with Crippen LogP contribution in [0.5, 0.6) is 5.75 Å². The van der Waals surface area contributed by atoms with Crippen LogP contribution >= 0.6 is 22.7 Å². The summed E-state index contributed by atoms with van der Waals surface area (Å²) < 4.78 is 5.15. The van der Waals surface area contributed by atoms with Crippen molar-refractivity contribution in [3.05, 3.63) is 74.6 Å². The largest absolute Gasteiger partial charge is 0.497 e. The fourth-order valence-corrected chi connectivity index (χ4v) is 4.00. The fourth-order valence-electron chi connectivity index (χ4n) is 2.51. The Balaban J connectivity index is 1.53. The van der Waals surface area contributed by atoms with Crippen LogP contribution < -0.4 is 15.4 Å². The smallest absolute Gasteiger partial charge is 0.315 e. The van der Waals surface area contributed by atoms with Gasteiger partial charge >= 0.3 is 6.03 Å². The van der Waals surface area contributed by atoms with E-state index < -0.39 is 0 Å². The van der Waals surface area contributed by atoms with Gasteiger partial charge in [0.2, 0.25) is 0 Å². The molecule has 0 aliphatic rings. The SMILES string of the molecule is COc1ccc(CCNC(=O)N[C@@H](c2ccsc2)c2cccs2)cc1. The van der Waals surface area contributed by atoms with Crippen LogP contribution in [0, 0.1) is 0 Å². The third-order valence-electron chi connectivity index (χ3n) is 3.84. The van der Waals surface area contributed by atoms with E-state index in [2.05, 4.69) is 16.0 Å². The van der Waals surface area contributed by atoms with Gasteiger partial charge in [-0.3, -0.25) is 0 Å². The lowest BCUT2D eigenvalue weighted by Gasteiger charge is -2.17. The molecule has 6 heteroatoms. The zero-order valence-corrected chi connectivity index (χ0v) is 15.5. The maximum Gasteiger partial charge on any atom is 0.315 e.